The Morgan fingerprint density at radius 2 is 2.40 bits per heavy atom. The number of H-pyrrole nitrogens is 1. The summed E-state index contributed by atoms with van der Waals surface area (Å²) in [4.78, 5) is 13.3. The summed E-state index contributed by atoms with van der Waals surface area (Å²) >= 11 is 0. The minimum atomic E-state index is -0.187. The number of aromatic amines is 1. The molecule has 0 aliphatic heterocycles. The first-order chi connectivity index (χ1) is 4.74. The molecule has 0 amide bonds. The highest BCUT2D eigenvalue weighted by Crippen LogP contribution is 1.86. The van der Waals surface area contributed by atoms with Crippen LogP contribution in [0.4, 0.5) is 0 Å². The zero-order chi connectivity index (χ0) is 7.56. The van der Waals surface area contributed by atoms with Crippen LogP contribution in [0.25, 0.3) is 6.08 Å². The Labute approximate surface area is 58.2 Å². The molecular formula is C6H9N3O. The maximum Gasteiger partial charge on any atom is 0.343 e. The van der Waals surface area contributed by atoms with Crippen molar-refractivity contribution in [2.75, 3.05) is 0 Å². The molecule has 1 aromatic heterocycles. The second kappa shape index (κ2) is 2.51. The molecule has 0 aliphatic rings. The minimum Gasteiger partial charge on any atom is -0.289 e. The summed E-state index contributed by atoms with van der Waals surface area (Å²) in [6, 6.07) is 0. The molecule has 1 rings (SSSR count). The lowest BCUT2D eigenvalue weighted by atomic mass is 10.5. The molecule has 0 aromatic carbocycles. The molecule has 4 heteroatoms. The molecule has 0 unspecified atom stereocenters. The average molecular weight is 139 g/mol. The Hall–Kier alpha value is -1.32. The van der Waals surface area contributed by atoms with Crippen LogP contribution in [0.15, 0.2) is 10.9 Å². The first kappa shape index (κ1) is 6.80. The van der Waals surface area contributed by atoms with Crippen LogP contribution in [0.5, 0.6) is 0 Å². The van der Waals surface area contributed by atoms with E-state index in [4.69, 9.17) is 0 Å². The molecule has 0 saturated heterocycles. The van der Waals surface area contributed by atoms with Crippen LogP contribution >= 0.6 is 0 Å². The van der Waals surface area contributed by atoms with Crippen molar-refractivity contribution in [3.8, 4) is 0 Å². The summed E-state index contributed by atoms with van der Waals surface area (Å²) < 4.78 is 1.26. The Bertz CT molecular complexity index is 294. The van der Waals surface area contributed by atoms with Gasteiger partial charge in [0.1, 0.15) is 0 Å². The first-order valence-corrected chi connectivity index (χ1v) is 3.00. The molecule has 0 spiro atoms. The molecular weight excluding hydrogens is 130 g/mol. The predicted molar refractivity (Wildman–Crippen MR) is 38.5 cm³/mol. The topological polar surface area (TPSA) is 50.7 Å². The second-order valence-electron chi connectivity index (χ2n) is 1.94. The molecule has 54 valence electrons. The Kier molecular flexibility index (Phi) is 1.71. The highest BCUT2D eigenvalue weighted by molar-refractivity contribution is 5.37. The summed E-state index contributed by atoms with van der Waals surface area (Å²) in [5, 5.41) is 3.86. The molecule has 0 bridgehead atoms. The molecule has 1 N–H and O–H groups in total. The van der Waals surface area contributed by atoms with Gasteiger partial charge >= 0.3 is 5.69 Å². The van der Waals surface area contributed by atoms with Crippen LogP contribution in [0, 0.1) is 0 Å². The summed E-state index contributed by atoms with van der Waals surface area (Å²) in [5.41, 5.74) is -0.187. The lowest BCUT2D eigenvalue weighted by Crippen LogP contribution is -2.13. The van der Waals surface area contributed by atoms with E-state index in [1.807, 2.05) is 13.0 Å². The summed E-state index contributed by atoms with van der Waals surface area (Å²) in [5.74, 6) is 0.593. The molecule has 0 atom stereocenters. The van der Waals surface area contributed by atoms with Gasteiger partial charge in [-0.05, 0) is 13.0 Å². The second-order valence-corrected chi connectivity index (χ2v) is 1.94. The van der Waals surface area contributed by atoms with Crippen LogP contribution in [0.3, 0.4) is 0 Å². The maximum atomic E-state index is 10.7. The van der Waals surface area contributed by atoms with E-state index in [-0.39, 0.29) is 5.69 Å². The molecule has 10 heavy (non-hydrogen) atoms. The van der Waals surface area contributed by atoms with E-state index in [2.05, 4.69) is 10.1 Å². The number of hydrogen-bond acceptors (Lipinski definition) is 2. The average Bonchev–Trinajstić information content (AvgIpc) is 2.14. The minimum absolute atomic E-state index is 0.187. The summed E-state index contributed by atoms with van der Waals surface area (Å²) in [6.45, 7) is 1.87. The third-order valence-corrected chi connectivity index (χ3v) is 1.11. The fourth-order valence-electron chi connectivity index (χ4n) is 0.655. The van der Waals surface area contributed by atoms with Crippen molar-refractivity contribution >= 4 is 6.08 Å². The van der Waals surface area contributed by atoms with E-state index in [0.717, 1.165) is 0 Å². The van der Waals surface area contributed by atoms with Crippen LogP contribution in [0.2, 0.25) is 0 Å². The zero-order valence-corrected chi connectivity index (χ0v) is 5.96. The van der Waals surface area contributed by atoms with Crippen molar-refractivity contribution in [1.29, 1.82) is 0 Å². The number of aromatic nitrogens is 3. The smallest absolute Gasteiger partial charge is 0.289 e. The highest BCUT2D eigenvalue weighted by Gasteiger charge is 1.94. The van der Waals surface area contributed by atoms with Crippen molar-refractivity contribution in [1.82, 2.24) is 14.8 Å². The highest BCUT2D eigenvalue weighted by atomic mass is 16.1. The number of aryl methyl sites for hydroxylation is 1. The monoisotopic (exact) mass is 139 g/mol. The maximum absolute atomic E-state index is 10.7. The van der Waals surface area contributed by atoms with E-state index in [1.54, 1.807) is 13.1 Å². The van der Waals surface area contributed by atoms with Gasteiger partial charge in [-0.2, -0.15) is 5.10 Å². The van der Waals surface area contributed by atoms with Crippen molar-refractivity contribution in [2.45, 2.75) is 6.92 Å². The number of nitrogens with one attached hydrogen (secondary N) is 1. The van der Waals surface area contributed by atoms with Crippen molar-refractivity contribution in [3.63, 3.8) is 0 Å². The van der Waals surface area contributed by atoms with E-state index < -0.39 is 0 Å². The zero-order valence-electron chi connectivity index (χ0n) is 5.96. The van der Waals surface area contributed by atoms with Crippen LogP contribution in [0.1, 0.15) is 12.7 Å². The Balaban J connectivity index is 3.10. The lowest BCUT2D eigenvalue weighted by molar-refractivity contribution is 0.732. The van der Waals surface area contributed by atoms with Crippen LogP contribution in [-0.4, -0.2) is 14.8 Å². The standard InChI is InChI=1S/C6H9N3O/c1-3-4-5-7-6(10)9(2)8-5/h3-4H,1-2H3,(H,7,8,10). The largest absolute Gasteiger partial charge is 0.343 e. The third-order valence-electron chi connectivity index (χ3n) is 1.11. The van der Waals surface area contributed by atoms with E-state index in [9.17, 15) is 4.79 Å². The SMILES string of the molecule is CC=Cc1nn(C)c(=O)[nH]1. The number of allylic oxidation sites excluding steroid dienone is 1. The van der Waals surface area contributed by atoms with Gasteiger partial charge in [-0.1, -0.05) is 6.08 Å². The number of hydrogen-bond donors (Lipinski definition) is 1. The molecule has 4 nitrogen and oxygen atoms in total. The van der Waals surface area contributed by atoms with Crippen molar-refractivity contribution in [3.05, 3.63) is 22.4 Å². The van der Waals surface area contributed by atoms with Gasteiger partial charge < -0.3 is 0 Å². The number of rotatable bonds is 1. The van der Waals surface area contributed by atoms with Crippen molar-refractivity contribution < 1.29 is 0 Å². The quantitative estimate of drug-likeness (QED) is 0.601. The Morgan fingerprint density at radius 3 is 2.80 bits per heavy atom. The van der Waals surface area contributed by atoms with Gasteiger partial charge in [0.25, 0.3) is 0 Å². The number of nitrogens with zero attached hydrogens (tertiary/aromatic N) is 2. The van der Waals surface area contributed by atoms with Crippen LogP contribution in [-0.2, 0) is 7.05 Å². The summed E-state index contributed by atoms with van der Waals surface area (Å²) in [7, 11) is 1.60. The Morgan fingerprint density at radius 1 is 1.70 bits per heavy atom. The fourth-order valence-corrected chi connectivity index (χ4v) is 0.655. The van der Waals surface area contributed by atoms with Gasteiger partial charge in [-0.3, -0.25) is 4.98 Å². The van der Waals surface area contributed by atoms with E-state index >= 15 is 0 Å². The fraction of sp³-hybridized carbons (Fsp3) is 0.333. The third kappa shape index (κ3) is 1.15. The molecule has 0 fully saturated rings. The van der Waals surface area contributed by atoms with Gasteiger partial charge in [0, 0.05) is 7.05 Å². The molecule has 0 aliphatic carbocycles. The first-order valence-electron chi connectivity index (χ1n) is 3.00. The predicted octanol–water partition coefficient (Wildman–Crippen LogP) is 0.142. The van der Waals surface area contributed by atoms with Gasteiger partial charge in [0.2, 0.25) is 0 Å². The van der Waals surface area contributed by atoms with Crippen molar-refractivity contribution in [2.24, 2.45) is 7.05 Å². The van der Waals surface area contributed by atoms with Gasteiger partial charge in [-0.15, -0.1) is 0 Å². The van der Waals surface area contributed by atoms with Gasteiger partial charge in [-0.25, -0.2) is 9.48 Å². The molecule has 0 saturated carbocycles. The van der Waals surface area contributed by atoms with Crippen LogP contribution < -0.4 is 5.69 Å². The van der Waals surface area contributed by atoms with Gasteiger partial charge in [0.15, 0.2) is 5.82 Å². The normalized spacial score (nSPS) is 11.0. The lowest BCUT2D eigenvalue weighted by Gasteiger charge is -1.78. The van der Waals surface area contributed by atoms with E-state index in [1.165, 1.54) is 4.68 Å². The van der Waals surface area contributed by atoms with E-state index in [0.29, 0.717) is 5.82 Å². The summed E-state index contributed by atoms with van der Waals surface area (Å²) in [6.07, 6.45) is 3.56. The molecule has 1 heterocycles. The molecule has 1 aromatic rings. The van der Waals surface area contributed by atoms with Gasteiger partial charge in [0.05, 0.1) is 0 Å². The molecule has 0 radical (unpaired) electrons.